The van der Waals surface area contributed by atoms with Crippen LogP contribution in [0.1, 0.15) is 19.4 Å². The summed E-state index contributed by atoms with van der Waals surface area (Å²) in [5.41, 5.74) is 0.832. The van der Waals surface area contributed by atoms with Gasteiger partial charge in [-0.3, -0.25) is 4.79 Å². The summed E-state index contributed by atoms with van der Waals surface area (Å²) in [6.45, 7) is 3.95. The van der Waals surface area contributed by atoms with Crippen LogP contribution in [-0.2, 0) is 11.2 Å². The van der Waals surface area contributed by atoms with Gasteiger partial charge in [-0.25, -0.2) is 0 Å². The Kier molecular flexibility index (Phi) is 6.08. The maximum Gasteiger partial charge on any atom is 0.258 e. The summed E-state index contributed by atoms with van der Waals surface area (Å²) in [6.07, 6.45) is 0.754. The van der Waals surface area contributed by atoms with E-state index in [4.69, 9.17) is 16.3 Å². The number of ether oxygens (including phenoxy) is 1. The molecule has 3 nitrogen and oxygen atoms in total. The molecule has 0 aromatic heterocycles. The molecule has 23 heavy (non-hydrogen) atoms. The lowest BCUT2D eigenvalue weighted by atomic mass is 9.95. The summed E-state index contributed by atoms with van der Waals surface area (Å²) in [5, 5.41) is 3.61. The number of amides is 1. The summed E-state index contributed by atoms with van der Waals surface area (Å²) in [4.78, 5) is 12.1. The van der Waals surface area contributed by atoms with E-state index in [1.165, 1.54) is 5.56 Å². The highest BCUT2D eigenvalue weighted by Crippen LogP contribution is 2.27. The number of hydrogen-bond donors (Lipinski definition) is 1. The Hall–Kier alpha value is -1.52. The van der Waals surface area contributed by atoms with E-state index in [-0.39, 0.29) is 18.1 Å². The average Bonchev–Trinajstić information content (AvgIpc) is 2.46. The first kappa shape index (κ1) is 17.8. The van der Waals surface area contributed by atoms with Gasteiger partial charge in [-0.05, 0) is 60.0 Å². The van der Waals surface area contributed by atoms with Crippen LogP contribution in [0.25, 0.3) is 0 Å². The van der Waals surface area contributed by atoms with Crippen molar-refractivity contribution in [3.8, 4) is 5.75 Å². The molecule has 0 aliphatic heterocycles. The van der Waals surface area contributed by atoms with Gasteiger partial charge >= 0.3 is 0 Å². The number of nitrogens with one attached hydrogen (secondary N) is 1. The Balaban J connectivity index is 1.88. The van der Waals surface area contributed by atoms with Crippen molar-refractivity contribution in [1.29, 1.82) is 0 Å². The second kappa shape index (κ2) is 7.84. The predicted octanol–water partition coefficient (Wildman–Crippen LogP) is 4.62. The lowest BCUT2D eigenvalue weighted by Crippen LogP contribution is -2.47. The lowest BCUT2D eigenvalue weighted by molar-refractivity contribution is -0.124. The fourth-order valence-electron chi connectivity index (χ4n) is 2.30. The second-order valence-corrected chi connectivity index (χ2v) is 7.25. The van der Waals surface area contributed by atoms with Gasteiger partial charge in [0.25, 0.3) is 5.91 Å². The molecule has 0 saturated carbocycles. The number of halogens is 2. The van der Waals surface area contributed by atoms with Crippen LogP contribution in [0, 0.1) is 0 Å². The number of hydrogen-bond acceptors (Lipinski definition) is 2. The molecule has 2 aromatic rings. The van der Waals surface area contributed by atoms with E-state index in [0.717, 1.165) is 10.9 Å². The van der Waals surface area contributed by atoms with Crippen molar-refractivity contribution in [2.24, 2.45) is 0 Å². The van der Waals surface area contributed by atoms with Gasteiger partial charge in [0.15, 0.2) is 6.61 Å². The van der Waals surface area contributed by atoms with Gasteiger partial charge in [0.05, 0.1) is 4.47 Å². The minimum Gasteiger partial charge on any atom is -0.483 e. The molecule has 0 saturated heterocycles. The summed E-state index contributed by atoms with van der Waals surface area (Å²) in [5.74, 6) is 0.429. The number of carbonyl (C=O) groups is 1. The van der Waals surface area contributed by atoms with Gasteiger partial charge in [-0.1, -0.05) is 41.9 Å². The van der Waals surface area contributed by atoms with Crippen molar-refractivity contribution in [2.45, 2.75) is 25.8 Å². The van der Waals surface area contributed by atoms with Crippen LogP contribution in [0.15, 0.2) is 53.0 Å². The first-order valence-corrected chi connectivity index (χ1v) is 8.46. The van der Waals surface area contributed by atoms with Crippen LogP contribution >= 0.6 is 27.5 Å². The van der Waals surface area contributed by atoms with E-state index >= 15 is 0 Å². The van der Waals surface area contributed by atoms with Crippen molar-refractivity contribution in [3.63, 3.8) is 0 Å². The van der Waals surface area contributed by atoms with E-state index in [0.29, 0.717) is 10.8 Å². The monoisotopic (exact) mass is 395 g/mol. The van der Waals surface area contributed by atoms with Crippen LogP contribution in [0.4, 0.5) is 0 Å². The maximum absolute atomic E-state index is 12.1. The molecular weight excluding hydrogens is 378 g/mol. The Morgan fingerprint density at radius 1 is 1.22 bits per heavy atom. The Labute approximate surface area is 150 Å². The second-order valence-electron chi connectivity index (χ2n) is 5.96. The predicted molar refractivity (Wildman–Crippen MR) is 97.0 cm³/mol. The molecule has 1 N–H and O–H groups in total. The van der Waals surface area contributed by atoms with Crippen LogP contribution in [-0.4, -0.2) is 18.1 Å². The lowest BCUT2D eigenvalue weighted by Gasteiger charge is -2.26. The molecule has 1 amide bonds. The molecule has 5 heteroatoms. The zero-order valence-electron chi connectivity index (χ0n) is 13.1. The smallest absolute Gasteiger partial charge is 0.258 e. The minimum atomic E-state index is -0.348. The molecule has 2 rings (SSSR count). The van der Waals surface area contributed by atoms with E-state index in [1.807, 2.05) is 32.0 Å². The molecule has 0 aliphatic rings. The van der Waals surface area contributed by atoms with E-state index in [1.54, 1.807) is 18.2 Å². The summed E-state index contributed by atoms with van der Waals surface area (Å²) < 4.78 is 6.26. The molecule has 0 unspecified atom stereocenters. The van der Waals surface area contributed by atoms with Gasteiger partial charge in [0.2, 0.25) is 0 Å². The third-order valence-corrected chi connectivity index (χ3v) is 4.07. The van der Waals surface area contributed by atoms with Crippen LogP contribution < -0.4 is 10.1 Å². The third-order valence-electron chi connectivity index (χ3n) is 3.22. The van der Waals surface area contributed by atoms with Crippen LogP contribution in [0.3, 0.4) is 0 Å². The van der Waals surface area contributed by atoms with Crippen molar-refractivity contribution < 1.29 is 9.53 Å². The normalized spacial score (nSPS) is 11.1. The molecule has 0 atom stereocenters. The van der Waals surface area contributed by atoms with Gasteiger partial charge < -0.3 is 10.1 Å². The maximum atomic E-state index is 12.1. The van der Waals surface area contributed by atoms with Crippen molar-refractivity contribution in [1.82, 2.24) is 5.32 Å². The fourth-order valence-corrected chi connectivity index (χ4v) is 3.10. The Morgan fingerprint density at radius 2 is 1.91 bits per heavy atom. The van der Waals surface area contributed by atoms with Gasteiger partial charge in [0, 0.05) is 10.6 Å². The first-order chi connectivity index (χ1) is 10.9. The van der Waals surface area contributed by atoms with Crippen molar-refractivity contribution in [2.75, 3.05) is 6.61 Å². The highest BCUT2D eigenvalue weighted by Gasteiger charge is 2.21. The first-order valence-electron chi connectivity index (χ1n) is 7.28. The number of rotatable bonds is 6. The Morgan fingerprint density at radius 3 is 2.57 bits per heavy atom. The molecule has 0 aliphatic carbocycles. The van der Waals surface area contributed by atoms with E-state index in [2.05, 4.69) is 33.4 Å². The SMILES string of the molecule is CC(C)(Cc1ccccc1)NC(=O)COc1ccc(Cl)cc1Br. The minimum absolute atomic E-state index is 0.0432. The van der Waals surface area contributed by atoms with E-state index < -0.39 is 0 Å². The van der Waals surface area contributed by atoms with Gasteiger partial charge in [0.1, 0.15) is 5.75 Å². The van der Waals surface area contributed by atoms with Gasteiger partial charge in [-0.2, -0.15) is 0 Å². The van der Waals surface area contributed by atoms with Crippen molar-refractivity contribution >= 4 is 33.4 Å². The quantitative estimate of drug-likeness (QED) is 0.774. The molecule has 0 spiro atoms. The van der Waals surface area contributed by atoms with Crippen LogP contribution in [0.5, 0.6) is 5.75 Å². The largest absolute Gasteiger partial charge is 0.483 e. The molecule has 122 valence electrons. The summed E-state index contributed by atoms with van der Waals surface area (Å²) in [7, 11) is 0. The van der Waals surface area contributed by atoms with Crippen molar-refractivity contribution in [3.05, 3.63) is 63.6 Å². The molecular formula is C18H19BrClNO2. The molecule has 0 bridgehead atoms. The fraction of sp³-hybridized carbons (Fsp3) is 0.278. The van der Waals surface area contributed by atoms with E-state index in [9.17, 15) is 4.79 Å². The standard InChI is InChI=1S/C18H19BrClNO2/c1-18(2,11-13-6-4-3-5-7-13)21-17(22)12-23-16-9-8-14(20)10-15(16)19/h3-10H,11-12H2,1-2H3,(H,21,22). The molecule has 2 aromatic carbocycles. The molecule has 0 heterocycles. The molecule has 0 fully saturated rings. The topological polar surface area (TPSA) is 38.3 Å². The van der Waals surface area contributed by atoms with Gasteiger partial charge in [-0.15, -0.1) is 0 Å². The number of benzene rings is 2. The third kappa shape index (κ3) is 5.88. The van der Waals surface area contributed by atoms with Crippen LogP contribution in [0.2, 0.25) is 5.02 Å². The summed E-state index contributed by atoms with van der Waals surface area (Å²) >= 11 is 9.24. The highest BCUT2D eigenvalue weighted by molar-refractivity contribution is 9.10. The summed E-state index contributed by atoms with van der Waals surface area (Å²) in [6, 6.07) is 15.3. The highest BCUT2D eigenvalue weighted by atomic mass is 79.9. The number of carbonyl (C=O) groups excluding carboxylic acids is 1. The average molecular weight is 397 g/mol. The zero-order chi connectivity index (χ0) is 16.9. The molecule has 0 radical (unpaired) electrons. The zero-order valence-corrected chi connectivity index (χ0v) is 15.4. The Bertz CT molecular complexity index is 674.